The average Bonchev–Trinajstić information content (AvgIpc) is 3.29. The number of carbonyl (C=O) groups excluding carboxylic acids is 1. The number of piperazine rings is 1. The van der Waals surface area contributed by atoms with Gasteiger partial charge in [-0.3, -0.25) is 9.69 Å². The Morgan fingerprint density at radius 1 is 1.21 bits per heavy atom. The molecule has 0 unspecified atom stereocenters. The number of halogens is 1. The summed E-state index contributed by atoms with van der Waals surface area (Å²) < 4.78 is 6.85. The Hall–Kier alpha value is -1.87. The molecule has 29 heavy (non-hydrogen) atoms. The number of carbonyl (C=O) groups is 1. The molecule has 0 atom stereocenters. The number of amides is 1. The van der Waals surface area contributed by atoms with Crippen LogP contribution in [0.1, 0.15) is 9.67 Å². The summed E-state index contributed by atoms with van der Waals surface area (Å²) in [6.45, 7) is 4.55. The average molecular weight is 451 g/mol. The van der Waals surface area contributed by atoms with Crippen molar-refractivity contribution in [2.24, 2.45) is 0 Å². The maximum absolute atomic E-state index is 12.9. The number of thiophene rings is 1. The number of nitrogens with zero attached hydrogens (tertiary/aromatic N) is 4. The van der Waals surface area contributed by atoms with Crippen molar-refractivity contribution in [3.05, 3.63) is 40.2 Å². The monoisotopic (exact) mass is 450 g/mol. The van der Waals surface area contributed by atoms with E-state index in [0.29, 0.717) is 17.4 Å². The van der Waals surface area contributed by atoms with Crippen molar-refractivity contribution in [2.45, 2.75) is 0 Å². The van der Waals surface area contributed by atoms with Gasteiger partial charge in [0.2, 0.25) is 0 Å². The van der Waals surface area contributed by atoms with Crippen LogP contribution in [0.2, 0.25) is 5.02 Å². The first-order valence-corrected chi connectivity index (χ1v) is 11.5. The Bertz CT molecular complexity index is 964. The fourth-order valence-electron chi connectivity index (χ4n) is 3.20. The van der Waals surface area contributed by atoms with E-state index in [-0.39, 0.29) is 5.91 Å². The fourth-order valence-corrected chi connectivity index (χ4v) is 5.49. The normalized spacial score (nSPS) is 15.1. The molecule has 4 rings (SSSR count). The summed E-state index contributed by atoms with van der Waals surface area (Å²) in [6, 6.07) is 9.49. The second kappa shape index (κ2) is 8.87. The van der Waals surface area contributed by atoms with Gasteiger partial charge in [-0.05, 0) is 18.2 Å². The van der Waals surface area contributed by atoms with E-state index in [4.69, 9.17) is 16.3 Å². The van der Waals surface area contributed by atoms with Gasteiger partial charge in [-0.25, -0.2) is 4.98 Å². The molecule has 0 bridgehead atoms. The Labute approximate surface area is 183 Å². The molecule has 0 saturated carbocycles. The van der Waals surface area contributed by atoms with Gasteiger partial charge in [-0.1, -0.05) is 35.1 Å². The number of anilines is 1. The van der Waals surface area contributed by atoms with Crippen molar-refractivity contribution >= 4 is 54.8 Å². The Morgan fingerprint density at radius 2 is 1.97 bits per heavy atom. The zero-order valence-electron chi connectivity index (χ0n) is 16.4. The number of para-hydroxylation sites is 1. The van der Waals surface area contributed by atoms with Crippen molar-refractivity contribution in [3.63, 3.8) is 0 Å². The van der Waals surface area contributed by atoms with Crippen molar-refractivity contribution in [2.75, 3.05) is 58.3 Å². The lowest BCUT2D eigenvalue weighted by Crippen LogP contribution is -2.49. The number of aromatic nitrogens is 1. The van der Waals surface area contributed by atoms with Crippen molar-refractivity contribution in [3.8, 4) is 5.75 Å². The van der Waals surface area contributed by atoms with Crippen LogP contribution in [0.15, 0.2) is 30.3 Å². The number of benzene rings is 1. The minimum absolute atomic E-state index is 0.110. The molecule has 2 aromatic heterocycles. The minimum Gasteiger partial charge on any atom is -0.491 e. The van der Waals surface area contributed by atoms with Gasteiger partial charge in [0, 0.05) is 46.8 Å². The third-order valence-electron chi connectivity index (χ3n) is 4.83. The molecule has 0 spiro atoms. The molecule has 1 aromatic carbocycles. The molecule has 9 heteroatoms. The topological polar surface area (TPSA) is 48.9 Å². The molecule has 3 heterocycles. The van der Waals surface area contributed by atoms with E-state index in [2.05, 4.69) is 9.88 Å². The van der Waals surface area contributed by atoms with Crippen LogP contribution in [0.25, 0.3) is 9.53 Å². The van der Waals surface area contributed by atoms with Gasteiger partial charge in [0.25, 0.3) is 5.91 Å². The van der Waals surface area contributed by atoms with E-state index in [0.717, 1.165) is 52.3 Å². The lowest BCUT2D eigenvalue weighted by Gasteiger charge is -2.34. The first kappa shape index (κ1) is 20.4. The number of thiazole rings is 1. The molecule has 1 aliphatic rings. The molecule has 6 nitrogen and oxygen atoms in total. The Kier molecular flexibility index (Phi) is 6.24. The predicted octanol–water partition coefficient (Wildman–Crippen LogP) is 3.91. The van der Waals surface area contributed by atoms with Gasteiger partial charge in [-0.15, -0.1) is 11.3 Å². The highest BCUT2D eigenvalue weighted by Crippen LogP contribution is 2.34. The minimum atomic E-state index is 0.110. The molecular formula is C20H23ClN4O2S2. The van der Waals surface area contributed by atoms with Crippen LogP contribution in [0, 0.1) is 0 Å². The van der Waals surface area contributed by atoms with Crippen LogP contribution in [-0.2, 0) is 0 Å². The number of rotatable bonds is 6. The lowest BCUT2D eigenvalue weighted by atomic mass is 10.3. The van der Waals surface area contributed by atoms with Crippen LogP contribution in [-0.4, -0.2) is 74.1 Å². The SMILES string of the molecule is CN(C)c1nc2sc(C(=O)N3CCN(CCOc4ccccc4Cl)CC3)cc2s1. The van der Waals surface area contributed by atoms with Gasteiger partial charge in [0.05, 0.1) is 14.6 Å². The fraction of sp³-hybridized carbons (Fsp3) is 0.400. The van der Waals surface area contributed by atoms with Crippen molar-refractivity contribution < 1.29 is 9.53 Å². The Balaban J connectivity index is 1.27. The number of hydrogen-bond acceptors (Lipinski definition) is 7. The standard InChI is InChI=1S/C20H23ClN4O2S2/c1-23(2)20-22-18-16(29-20)13-17(28-18)19(26)25-9-7-24(8-10-25)11-12-27-15-6-4-3-5-14(15)21/h3-6,13H,7-12H2,1-2H3. The summed E-state index contributed by atoms with van der Waals surface area (Å²) in [7, 11) is 3.96. The summed E-state index contributed by atoms with van der Waals surface area (Å²) in [6.07, 6.45) is 0. The third kappa shape index (κ3) is 4.66. The van der Waals surface area contributed by atoms with E-state index in [1.165, 1.54) is 11.3 Å². The van der Waals surface area contributed by atoms with Gasteiger partial charge in [-0.2, -0.15) is 0 Å². The van der Waals surface area contributed by atoms with Gasteiger partial charge < -0.3 is 14.5 Å². The van der Waals surface area contributed by atoms with Crippen LogP contribution < -0.4 is 9.64 Å². The van der Waals surface area contributed by atoms with E-state index >= 15 is 0 Å². The van der Waals surface area contributed by atoms with Crippen LogP contribution in [0.4, 0.5) is 5.13 Å². The second-order valence-electron chi connectivity index (χ2n) is 7.08. The van der Waals surface area contributed by atoms with E-state index in [9.17, 15) is 4.79 Å². The van der Waals surface area contributed by atoms with Gasteiger partial charge in [0.1, 0.15) is 17.2 Å². The lowest BCUT2D eigenvalue weighted by molar-refractivity contribution is 0.0625. The molecular weight excluding hydrogens is 428 g/mol. The number of fused-ring (bicyclic) bond motifs is 1. The molecule has 0 radical (unpaired) electrons. The summed E-state index contributed by atoms with van der Waals surface area (Å²) in [5.74, 6) is 0.824. The molecule has 154 valence electrons. The summed E-state index contributed by atoms with van der Waals surface area (Å²) in [4.78, 5) is 25.4. The highest BCUT2D eigenvalue weighted by Gasteiger charge is 2.24. The predicted molar refractivity (Wildman–Crippen MR) is 121 cm³/mol. The summed E-state index contributed by atoms with van der Waals surface area (Å²) >= 11 is 9.22. The largest absolute Gasteiger partial charge is 0.491 e. The summed E-state index contributed by atoms with van der Waals surface area (Å²) in [5.41, 5.74) is 0. The van der Waals surface area contributed by atoms with E-state index in [1.807, 2.05) is 54.2 Å². The van der Waals surface area contributed by atoms with Crippen LogP contribution >= 0.6 is 34.3 Å². The second-order valence-corrected chi connectivity index (χ2v) is 9.53. The zero-order chi connectivity index (χ0) is 20.4. The van der Waals surface area contributed by atoms with Gasteiger partial charge >= 0.3 is 0 Å². The highest BCUT2D eigenvalue weighted by atomic mass is 35.5. The first-order valence-electron chi connectivity index (χ1n) is 9.48. The molecule has 3 aromatic rings. The molecule has 0 aliphatic carbocycles. The molecule has 1 amide bonds. The molecule has 1 saturated heterocycles. The van der Waals surface area contributed by atoms with Gasteiger partial charge in [0.15, 0.2) is 5.13 Å². The van der Waals surface area contributed by atoms with E-state index < -0.39 is 0 Å². The van der Waals surface area contributed by atoms with Crippen LogP contribution in [0.3, 0.4) is 0 Å². The smallest absolute Gasteiger partial charge is 0.264 e. The van der Waals surface area contributed by atoms with E-state index in [1.54, 1.807) is 11.3 Å². The zero-order valence-corrected chi connectivity index (χ0v) is 18.8. The quantitative estimate of drug-likeness (QED) is 0.569. The number of ether oxygens (including phenoxy) is 1. The van der Waals surface area contributed by atoms with Crippen LogP contribution in [0.5, 0.6) is 5.75 Å². The summed E-state index contributed by atoms with van der Waals surface area (Å²) in [5, 5.41) is 1.60. The molecule has 1 aliphatic heterocycles. The Morgan fingerprint density at radius 3 is 2.66 bits per heavy atom. The molecule has 1 fully saturated rings. The van der Waals surface area contributed by atoms with Crippen molar-refractivity contribution in [1.82, 2.24) is 14.8 Å². The maximum atomic E-state index is 12.9. The third-order valence-corrected chi connectivity index (χ3v) is 7.46. The first-order chi connectivity index (χ1) is 14.0. The molecule has 0 N–H and O–H groups in total. The highest BCUT2D eigenvalue weighted by molar-refractivity contribution is 7.29. The number of hydrogen-bond donors (Lipinski definition) is 0. The van der Waals surface area contributed by atoms with Crippen molar-refractivity contribution in [1.29, 1.82) is 0 Å². The maximum Gasteiger partial charge on any atom is 0.264 e.